The highest BCUT2D eigenvalue weighted by Gasteiger charge is 2.16. The molecule has 2 amide bonds. The summed E-state index contributed by atoms with van der Waals surface area (Å²) in [6, 6.07) is 16.2. The first-order valence-corrected chi connectivity index (χ1v) is 9.79. The number of para-hydroxylation sites is 1. The van der Waals surface area contributed by atoms with E-state index in [-0.39, 0.29) is 17.8 Å². The summed E-state index contributed by atoms with van der Waals surface area (Å²) >= 11 is 0. The monoisotopic (exact) mass is 423 g/mol. The molecule has 0 spiro atoms. The van der Waals surface area contributed by atoms with Gasteiger partial charge in [0.15, 0.2) is 0 Å². The van der Waals surface area contributed by atoms with E-state index in [0.717, 1.165) is 11.1 Å². The quantitative estimate of drug-likeness (QED) is 0.341. The highest BCUT2D eigenvalue weighted by Crippen LogP contribution is 2.21. The van der Waals surface area contributed by atoms with Crippen LogP contribution in [0.1, 0.15) is 20.7 Å². The molecule has 0 fully saturated rings. The van der Waals surface area contributed by atoms with Crippen LogP contribution in [0.2, 0.25) is 0 Å². The van der Waals surface area contributed by atoms with Gasteiger partial charge >= 0.3 is 0 Å². The molecule has 9 nitrogen and oxygen atoms in total. The fourth-order valence-electron chi connectivity index (χ4n) is 3.31. The smallest absolute Gasteiger partial charge is 0.260 e. The second-order valence-electron chi connectivity index (χ2n) is 6.95. The highest BCUT2D eigenvalue weighted by atomic mass is 16.2. The predicted molar refractivity (Wildman–Crippen MR) is 120 cm³/mol. The van der Waals surface area contributed by atoms with Gasteiger partial charge in [-0.2, -0.15) is 0 Å². The lowest BCUT2D eigenvalue weighted by Gasteiger charge is -2.04. The van der Waals surface area contributed by atoms with E-state index in [1.54, 1.807) is 55.1 Å². The van der Waals surface area contributed by atoms with E-state index in [9.17, 15) is 9.59 Å². The number of imidazole rings is 2. The Morgan fingerprint density at radius 3 is 2.41 bits per heavy atom. The van der Waals surface area contributed by atoms with Crippen molar-refractivity contribution in [3.8, 4) is 11.1 Å². The zero-order chi connectivity index (χ0) is 21.9. The Labute approximate surface area is 182 Å². The number of carbonyl (C=O) groups is 2. The average molecular weight is 423 g/mol. The Morgan fingerprint density at radius 1 is 0.812 bits per heavy atom. The minimum absolute atomic E-state index is 0.250. The third-order valence-corrected chi connectivity index (χ3v) is 4.86. The number of carbonyl (C=O) groups excluding carboxylic acids is 2. The van der Waals surface area contributed by atoms with Crippen molar-refractivity contribution in [2.75, 3.05) is 10.6 Å². The molecule has 0 radical (unpaired) electrons. The number of nitrogens with zero attached hydrogens (tertiary/aromatic N) is 3. The molecule has 0 aliphatic carbocycles. The molecule has 0 bridgehead atoms. The summed E-state index contributed by atoms with van der Waals surface area (Å²) in [6.07, 6.45) is 6.64. The third-order valence-electron chi connectivity index (χ3n) is 4.86. The van der Waals surface area contributed by atoms with Crippen molar-refractivity contribution in [2.45, 2.75) is 0 Å². The number of nitrogens with one attached hydrogen (secondary N) is 4. The number of fused-ring (bicyclic) bond motifs is 1. The molecule has 3 heterocycles. The number of benzene rings is 2. The lowest BCUT2D eigenvalue weighted by Crippen LogP contribution is -2.14. The van der Waals surface area contributed by atoms with Gasteiger partial charge in [0.25, 0.3) is 11.8 Å². The standard InChI is InChI=1S/C23H17N7O2/c31-20(15-8-6-14(7-9-15)16-3-2-10-24-13-16)29-23-27-18-5-1-4-17(19(18)28-23)21(32)30-22-25-11-12-26-22/h1-13H,(H2,25,26,30,32)(H2,27,28,29,31). The summed E-state index contributed by atoms with van der Waals surface area (Å²) in [5.41, 5.74) is 3.84. The SMILES string of the molecule is O=C(Nc1nc2c(C(=O)Nc3ncc[nH]3)cccc2[nH]1)c1ccc(-c2cccnc2)cc1. The van der Waals surface area contributed by atoms with Gasteiger partial charge in [-0.3, -0.25) is 25.2 Å². The van der Waals surface area contributed by atoms with Crippen LogP contribution in [0.4, 0.5) is 11.9 Å². The van der Waals surface area contributed by atoms with Crippen LogP contribution in [-0.2, 0) is 0 Å². The van der Waals surface area contributed by atoms with Gasteiger partial charge in [-0.1, -0.05) is 24.3 Å². The summed E-state index contributed by atoms with van der Waals surface area (Å²) in [5, 5.41) is 5.42. The van der Waals surface area contributed by atoms with E-state index in [0.29, 0.717) is 28.1 Å². The van der Waals surface area contributed by atoms with Crippen LogP contribution in [0.3, 0.4) is 0 Å². The lowest BCUT2D eigenvalue weighted by atomic mass is 10.1. The van der Waals surface area contributed by atoms with Crippen LogP contribution in [0.25, 0.3) is 22.2 Å². The third kappa shape index (κ3) is 3.82. The molecular weight excluding hydrogens is 406 g/mol. The van der Waals surface area contributed by atoms with Crippen molar-refractivity contribution in [3.05, 3.63) is 90.5 Å². The molecule has 4 N–H and O–H groups in total. The van der Waals surface area contributed by atoms with Crippen molar-refractivity contribution in [2.24, 2.45) is 0 Å². The van der Waals surface area contributed by atoms with E-state index < -0.39 is 0 Å². The van der Waals surface area contributed by atoms with Gasteiger partial charge in [0, 0.05) is 30.4 Å². The van der Waals surface area contributed by atoms with Crippen LogP contribution in [0.15, 0.2) is 79.4 Å². The molecular formula is C23H17N7O2. The Balaban J connectivity index is 1.35. The van der Waals surface area contributed by atoms with Crippen LogP contribution in [0.5, 0.6) is 0 Å². The predicted octanol–water partition coefficient (Wildman–Crippen LogP) is 3.85. The maximum atomic E-state index is 12.7. The Bertz CT molecular complexity index is 1390. The Morgan fingerprint density at radius 2 is 1.66 bits per heavy atom. The van der Waals surface area contributed by atoms with Gasteiger partial charge in [-0.15, -0.1) is 0 Å². The molecule has 0 aliphatic heterocycles. The molecule has 32 heavy (non-hydrogen) atoms. The minimum Gasteiger partial charge on any atom is -0.331 e. The summed E-state index contributed by atoms with van der Waals surface area (Å²) in [7, 11) is 0. The first kappa shape index (κ1) is 19.2. The minimum atomic E-state index is -0.360. The molecule has 0 atom stereocenters. The van der Waals surface area contributed by atoms with Crippen LogP contribution < -0.4 is 10.6 Å². The zero-order valence-corrected chi connectivity index (χ0v) is 16.7. The molecule has 0 saturated heterocycles. The Kier molecular flexibility index (Phi) is 4.89. The topological polar surface area (TPSA) is 128 Å². The first-order chi connectivity index (χ1) is 15.7. The van der Waals surface area contributed by atoms with Crippen molar-refractivity contribution in [1.82, 2.24) is 24.9 Å². The summed E-state index contributed by atoms with van der Waals surface area (Å²) in [6.45, 7) is 0. The molecule has 3 aromatic heterocycles. The van der Waals surface area contributed by atoms with E-state index in [1.807, 2.05) is 24.3 Å². The van der Waals surface area contributed by atoms with Gasteiger partial charge in [0.05, 0.1) is 11.1 Å². The maximum absolute atomic E-state index is 12.7. The summed E-state index contributed by atoms with van der Waals surface area (Å²) in [4.78, 5) is 43.7. The summed E-state index contributed by atoms with van der Waals surface area (Å²) < 4.78 is 0. The number of hydrogen-bond acceptors (Lipinski definition) is 5. The van der Waals surface area contributed by atoms with Gasteiger partial charge in [-0.05, 0) is 41.5 Å². The number of H-pyrrole nitrogens is 2. The second-order valence-corrected chi connectivity index (χ2v) is 6.95. The van der Waals surface area contributed by atoms with Crippen molar-refractivity contribution >= 4 is 34.7 Å². The lowest BCUT2D eigenvalue weighted by molar-refractivity contribution is 0.101. The number of rotatable bonds is 5. The van der Waals surface area contributed by atoms with Gasteiger partial charge in [0.2, 0.25) is 11.9 Å². The van der Waals surface area contributed by atoms with Gasteiger partial charge in [-0.25, -0.2) is 9.97 Å². The highest BCUT2D eigenvalue weighted by molar-refractivity contribution is 6.11. The molecule has 0 saturated carbocycles. The van der Waals surface area contributed by atoms with Crippen LogP contribution in [-0.4, -0.2) is 36.7 Å². The Hall–Kier alpha value is -4.79. The molecule has 2 aromatic carbocycles. The fourth-order valence-corrected chi connectivity index (χ4v) is 3.31. The van der Waals surface area contributed by atoms with Crippen LogP contribution >= 0.6 is 0 Å². The van der Waals surface area contributed by atoms with Crippen molar-refractivity contribution in [3.63, 3.8) is 0 Å². The van der Waals surface area contributed by atoms with Crippen LogP contribution in [0, 0.1) is 0 Å². The number of amides is 2. The van der Waals surface area contributed by atoms with Gasteiger partial charge in [0.1, 0.15) is 5.52 Å². The number of pyridine rings is 1. The number of aromatic nitrogens is 5. The molecule has 5 rings (SSSR count). The number of anilines is 2. The van der Waals surface area contributed by atoms with E-state index in [4.69, 9.17) is 0 Å². The molecule has 0 aliphatic rings. The van der Waals surface area contributed by atoms with Crippen molar-refractivity contribution in [1.29, 1.82) is 0 Å². The zero-order valence-electron chi connectivity index (χ0n) is 16.7. The first-order valence-electron chi connectivity index (χ1n) is 9.79. The van der Waals surface area contributed by atoms with Crippen molar-refractivity contribution < 1.29 is 9.59 Å². The molecule has 5 aromatic rings. The largest absolute Gasteiger partial charge is 0.331 e. The molecule has 156 valence electrons. The van der Waals surface area contributed by atoms with E-state index in [1.165, 1.54) is 0 Å². The fraction of sp³-hybridized carbons (Fsp3) is 0. The van der Waals surface area contributed by atoms with Gasteiger partial charge < -0.3 is 9.97 Å². The normalized spacial score (nSPS) is 10.8. The molecule has 0 unspecified atom stereocenters. The van der Waals surface area contributed by atoms with E-state index in [2.05, 4.69) is 35.6 Å². The average Bonchev–Trinajstić information content (AvgIpc) is 3.48. The number of hydrogen-bond donors (Lipinski definition) is 4. The van der Waals surface area contributed by atoms with E-state index >= 15 is 0 Å². The summed E-state index contributed by atoms with van der Waals surface area (Å²) in [5.74, 6) is -0.0883. The molecule has 9 heteroatoms. The number of aromatic amines is 2. The maximum Gasteiger partial charge on any atom is 0.260 e. The second kappa shape index (κ2) is 8.15.